The van der Waals surface area contributed by atoms with Gasteiger partial charge in [-0.2, -0.15) is 0 Å². The molecule has 23 heteroatoms. The summed E-state index contributed by atoms with van der Waals surface area (Å²) in [6.07, 6.45) is 25.3. The molecule has 6 heterocycles. The fourth-order valence-corrected chi connectivity index (χ4v) is 9.64. The summed E-state index contributed by atoms with van der Waals surface area (Å²) in [5.74, 6) is 2.84. The zero-order chi connectivity index (χ0) is 64.3. The van der Waals surface area contributed by atoms with E-state index in [1.54, 1.807) is 24.8 Å². The summed E-state index contributed by atoms with van der Waals surface area (Å²) < 4.78 is 66.7. The van der Waals surface area contributed by atoms with Crippen LogP contribution in [-0.2, 0) is 62.0 Å². The molecule has 492 valence electrons. The maximum absolute atomic E-state index is 9.67. The van der Waals surface area contributed by atoms with Crippen LogP contribution >= 0.6 is 58.0 Å². The van der Waals surface area contributed by atoms with Crippen LogP contribution in [0, 0.1) is 0 Å². The molecule has 0 unspecified atom stereocenters. The van der Waals surface area contributed by atoms with Gasteiger partial charge in [-0.1, -0.05) is 128 Å². The first-order chi connectivity index (χ1) is 43.8. The lowest BCUT2D eigenvalue weighted by Crippen LogP contribution is -3.00. The molecule has 0 saturated carbocycles. The number of hydrogen-bond acceptors (Lipinski definition) is 2. The summed E-state index contributed by atoms with van der Waals surface area (Å²) in [5.41, 5.74) is 19.4. The highest BCUT2D eigenvalue weighted by atomic mass is 35.5. The molecule has 0 aliphatic rings. The van der Waals surface area contributed by atoms with Gasteiger partial charge in [-0.05, 0) is 97.4 Å². The van der Waals surface area contributed by atoms with Gasteiger partial charge < -0.3 is 34.2 Å². The fraction of sp³-hybridized carbons (Fsp3) is 0.155. The van der Waals surface area contributed by atoms with Crippen molar-refractivity contribution in [1.29, 1.82) is 0 Å². The van der Waals surface area contributed by atoms with Gasteiger partial charge in [0.1, 0.15) is 0 Å². The highest BCUT2D eigenvalue weighted by Gasteiger charge is 2.11. The number of benzene rings is 5. The Bertz CT molecular complexity index is 3290. The van der Waals surface area contributed by atoms with E-state index >= 15 is 0 Å². The third-order valence-corrected chi connectivity index (χ3v) is 15.2. The van der Waals surface area contributed by atoms with Crippen LogP contribution in [0.3, 0.4) is 0 Å². The lowest BCUT2D eigenvalue weighted by molar-refractivity contribution is -0.688. The predicted molar refractivity (Wildman–Crippen MR) is 356 cm³/mol. The second-order valence-electron chi connectivity index (χ2n) is 20.1. The van der Waals surface area contributed by atoms with Crippen LogP contribution in [0.5, 0.6) is 0 Å². The Hall–Kier alpha value is -7.40. The number of alkyl halides is 5. The topological polar surface area (TPSA) is 41.3 Å². The molecule has 5 aromatic carbocycles. The monoisotopic (exact) mass is 1420 g/mol. The molecule has 0 fully saturated rings. The van der Waals surface area contributed by atoms with Gasteiger partial charge in [0.25, 0.3) is 0 Å². The van der Waals surface area contributed by atoms with Gasteiger partial charge in [0.05, 0.1) is 0 Å². The second-order valence-corrected chi connectivity index (χ2v) is 21.4. The number of pyridine rings is 6. The van der Waals surface area contributed by atoms with Crippen molar-refractivity contribution >= 4 is 73.1 Å². The molecule has 0 bridgehead atoms. The minimum Gasteiger partial charge on any atom is -1.00 e. The van der Waals surface area contributed by atoms with Gasteiger partial charge in [-0.25, -0.2) is 18.3 Å². The van der Waals surface area contributed by atoms with E-state index in [2.05, 4.69) is 255 Å². The van der Waals surface area contributed by atoms with Crippen molar-refractivity contribution in [3.8, 4) is 33.4 Å². The highest BCUT2D eigenvalue weighted by molar-refractivity contribution is 6.33. The summed E-state index contributed by atoms with van der Waals surface area (Å²) in [5, 5.41) is 0. The van der Waals surface area contributed by atoms with Crippen molar-refractivity contribution in [2.75, 3.05) is 0 Å². The summed E-state index contributed by atoms with van der Waals surface area (Å²) >= 11 is 29.1. The Kier molecular flexibility index (Phi) is 41.0. The predicted octanol–water partition coefficient (Wildman–Crippen LogP) is 5.91. The molecule has 0 saturated heterocycles. The van der Waals surface area contributed by atoms with Gasteiger partial charge in [0.2, 0.25) is 0 Å². The van der Waals surface area contributed by atoms with E-state index in [0.717, 1.165) is 54.9 Å². The molecule has 6 aromatic heterocycles. The molecular weight excluding hydrogens is 1360 g/mol. The number of hydrogen-bond donors (Lipinski definition) is 0. The van der Waals surface area contributed by atoms with Crippen molar-refractivity contribution in [2.24, 2.45) is 0 Å². The lowest BCUT2D eigenvalue weighted by atomic mass is 10.1. The van der Waals surface area contributed by atoms with Crippen molar-refractivity contribution in [3.63, 3.8) is 0 Å². The summed E-state index contributed by atoms with van der Waals surface area (Å²) in [7, 11) is -7.33. The first-order valence-electron chi connectivity index (χ1n) is 28.6. The SMILES string of the molecule is CCc1ccc(CCl)cc1.ClCc1ccc(C[n+]2ccc(-c3cc[n+](Cc4ccc(CCl)cc4)cc3)cc2)cc1.ClCc1ccc(C[n+]2ccc(-c3cc[n+](Cc4ccc(CCl)cc4)cc3)cc2)cc1.FB(F)F.FB(F)F.[Cl-].[Cl-].[F-].[F-].c1cc(-c2ccncc2)ccn1. The highest BCUT2D eigenvalue weighted by Crippen LogP contribution is 2.20. The smallest absolute Gasteiger partial charge is 0.762 e. The molecule has 0 aliphatic carbocycles. The standard InChI is InChI=1S/2C26H24Cl2N2.C10H8N2.C9H11Cl.2BF3.2ClH.2FH/c2*27-17-21-1-5-23(6-2-21)19-29-13-9-25(10-14-29)26-11-15-30(16-12-26)20-24-7-3-22(18-28)4-8-24;1-5-11-6-2-9(1)10-3-7-12-8-4-10;1-2-8-3-5-9(7-10)6-4-8;2*2-1(3)4;;;;/h2*1-16H,17-20H2;1-8H;3-6H,2,7H2,1H3;;;4*1H/q2*+2;;;;;;;;/p-4. The Balaban J connectivity index is 0.000000436. The minimum absolute atomic E-state index is 0. The summed E-state index contributed by atoms with van der Waals surface area (Å²) in [6, 6.07) is 67.4. The number of aromatic nitrogens is 6. The Morgan fingerprint density at radius 1 is 0.266 bits per heavy atom. The Morgan fingerprint density at radius 3 is 0.574 bits per heavy atom. The van der Waals surface area contributed by atoms with Crippen LogP contribution in [-0.4, -0.2) is 25.1 Å². The van der Waals surface area contributed by atoms with Crippen molar-refractivity contribution in [3.05, 3.63) is 324 Å². The summed E-state index contributed by atoms with van der Waals surface area (Å²) in [4.78, 5) is 7.91. The Morgan fingerprint density at radius 2 is 0.415 bits per heavy atom. The average molecular weight is 1430 g/mol. The van der Waals surface area contributed by atoms with Gasteiger partial charge in [-0.15, -0.1) is 58.0 Å². The van der Waals surface area contributed by atoms with E-state index in [1.807, 2.05) is 24.3 Å². The summed E-state index contributed by atoms with van der Waals surface area (Å²) in [6.45, 7) is 5.54. The lowest BCUT2D eigenvalue weighted by Gasteiger charge is -2.03. The molecule has 0 amide bonds. The van der Waals surface area contributed by atoms with E-state index in [1.165, 1.54) is 66.8 Å². The fourth-order valence-electron chi connectivity index (χ4n) is 8.75. The van der Waals surface area contributed by atoms with Crippen LogP contribution < -0.4 is 52.5 Å². The number of rotatable bonds is 17. The molecule has 6 nitrogen and oxygen atoms in total. The normalized spacial score (nSPS) is 9.79. The van der Waals surface area contributed by atoms with E-state index in [0.29, 0.717) is 29.4 Å². The van der Waals surface area contributed by atoms with Crippen molar-refractivity contribution in [2.45, 2.75) is 68.9 Å². The minimum atomic E-state index is -3.67. The van der Waals surface area contributed by atoms with Gasteiger partial charge in [-0.3, -0.25) is 35.9 Å². The van der Waals surface area contributed by atoms with Crippen LogP contribution in [0.2, 0.25) is 0 Å². The van der Waals surface area contributed by atoms with Crippen molar-refractivity contribution < 1.29 is 78.4 Å². The van der Waals surface area contributed by atoms with Crippen LogP contribution in [0.4, 0.5) is 25.9 Å². The average Bonchev–Trinajstić information content (AvgIpc) is 0.936. The second kappa shape index (κ2) is 46.6. The maximum Gasteiger partial charge on any atom is 0.762 e. The third-order valence-electron chi connectivity index (χ3n) is 13.7. The third kappa shape index (κ3) is 30.8. The first kappa shape index (κ1) is 82.7. The van der Waals surface area contributed by atoms with Gasteiger partial charge in [0.15, 0.2) is 75.8 Å². The van der Waals surface area contributed by atoms with Crippen molar-refractivity contribution in [1.82, 2.24) is 9.97 Å². The number of aryl methyl sites for hydroxylation is 1. The molecular formula is C71H67B2Cl7F8N6. The molecule has 11 aromatic rings. The van der Waals surface area contributed by atoms with E-state index < -0.39 is 15.1 Å². The molecule has 94 heavy (non-hydrogen) atoms. The van der Waals surface area contributed by atoms with E-state index in [4.69, 9.17) is 58.0 Å². The van der Waals surface area contributed by atoms with Gasteiger partial charge >= 0.3 is 15.1 Å². The van der Waals surface area contributed by atoms with Crippen LogP contribution in [0.25, 0.3) is 33.4 Å². The Labute approximate surface area is 583 Å². The first-order valence-corrected chi connectivity index (χ1v) is 31.2. The van der Waals surface area contributed by atoms with E-state index in [9.17, 15) is 25.9 Å². The quantitative estimate of drug-likeness (QED) is 0.0493. The molecule has 0 atom stereocenters. The van der Waals surface area contributed by atoms with Crippen LogP contribution in [0.1, 0.15) is 62.6 Å². The number of nitrogens with zero attached hydrogens (tertiary/aromatic N) is 6. The zero-order valence-electron chi connectivity index (χ0n) is 51.0. The largest absolute Gasteiger partial charge is 1.00 e. The molecule has 11 rings (SSSR count). The van der Waals surface area contributed by atoms with E-state index in [-0.39, 0.29) is 34.2 Å². The zero-order valence-corrected chi connectivity index (χ0v) is 56.3. The van der Waals surface area contributed by atoms with Gasteiger partial charge in [0, 0.05) is 125 Å². The maximum atomic E-state index is 9.67. The molecule has 0 spiro atoms. The molecule has 0 aliphatic heterocycles. The van der Waals surface area contributed by atoms with Crippen LogP contribution in [0.15, 0.2) is 268 Å². The molecule has 0 N–H and O–H groups in total. The molecule has 0 radical (unpaired) electrons. The number of halogens is 15.